The minimum Gasteiger partial charge on any atom is -0.468 e. The predicted octanol–water partition coefficient (Wildman–Crippen LogP) is 5.32. The number of amides is 2. The molecule has 3 rings (SSSR count). The third-order valence-electron chi connectivity index (χ3n) is 6.81. The van der Waals surface area contributed by atoms with Crippen molar-refractivity contribution in [1.82, 2.24) is 9.80 Å². The fraction of sp³-hybridized carbons (Fsp3) is 0.452. The molecule has 1 heterocycles. The number of esters is 1. The van der Waals surface area contributed by atoms with Crippen LogP contribution in [0.3, 0.4) is 0 Å². The van der Waals surface area contributed by atoms with Crippen LogP contribution in [0.1, 0.15) is 58.2 Å². The number of hydrogen-bond acceptors (Lipinski definition) is 7. The number of para-hydroxylation sites is 2. The molecule has 9 heteroatoms. The predicted molar refractivity (Wildman–Crippen MR) is 158 cm³/mol. The second-order valence-electron chi connectivity index (χ2n) is 10.7. The summed E-state index contributed by atoms with van der Waals surface area (Å²) in [7, 11) is 1.42. The Balaban J connectivity index is 1.66. The van der Waals surface area contributed by atoms with Gasteiger partial charge in [0.05, 0.1) is 18.5 Å². The molecule has 0 spiro atoms. The number of carbonyl (C=O) groups is 3. The normalized spacial score (nSPS) is 16.6. The summed E-state index contributed by atoms with van der Waals surface area (Å²) in [6.45, 7) is 13.3. The van der Waals surface area contributed by atoms with E-state index in [1.807, 2.05) is 24.3 Å². The Bertz CT molecular complexity index is 1180. The molecular weight excluding hydrogens is 508 g/mol. The summed E-state index contributed by atoms with van der Waals surface area (Å²) in [6.07, 6.45) is 3.53. The zero-order valence-electron chi connectivity index (χ0n) is 24.4. The quantitative estimate of drug-likeness (QED) is 0.305. The van der Waals surface area contributed by atoms with E-state index in [9.17, 15) is 14.4 Å². The third-order valence-corrected chi connectivity index (χ3v) is 6.81. The number of nitrogens with zero attached hydrogens (tertiary/aromatic N) is 2. The highest BCUT2D eigenvalue weighted by molar-refractivity contribution is 6.05. The van der Waals surface area contributed by atoms with Gasteiger partial charge in [-0.25, -0.2) is 9.59 Å². The van der Waals surface area contributed by atoms with Gasteiger partial charge in [-0.05, 0) is 69.6 Å². The fourth-order valence-electron chi connectivity index (χ4n) is 4.90. The van der Waals surface area contributed by atoms with Gasteiger partial charge in [0.2, 0.25) is 5.91 Å². The van der Waals surface area contributed by atoms with Crippen molar-refractivity contribution in [1.29, 1.82) is 0 Å². The largest absolute Gasteiger partial charge is 0.468 e. The van der Waals surface area contributed by atoms with Crippen LogP contribution in [0.15, 0.2) is 54.6 Å². The third kappa shape index (κ3) is 8.66. The minimum atomic E-state index is -0.639. The highest BCUT2D eigenvalue weighted by Gasteiger charge is 2.35. The van der Waals surface area contributed by atoms with Crippen LogP contribution in [0.4, 0.5) is 16.2 Å². The van der Waals surface area contributed by atoms with Crippen molar-refractivity contribution in [2.75, 3.05) is 43.9 Å². The number of likely N-dealkylation sites (N-methyl/N-ethyl adjacent to an activating group) is 1. The molecule has 40 heavy (non-hydrogen) atoms. The first-order valence-corrected chi connectivity index (χ1v) is 13.8. The van der Waals surface area contributed by atoms with Crippen LogP contribution in [0, 0.1) is 0 Å². The van der Waals surface area contributed by atoms with Crippen molar-refractivity contribution in [3.05, 3.63) is 65.7 Å². The Morgan fingerprint density at radius 1 is 1.02 bits per heavy atom. The molecule has 0 radical (unpaired) electrons. The topological polar surface area (TPSA) is 100 Å². The van der Waals surface area contributed by atoms with Gasteiger partial charge in [-0.1, -0.05) is 50.2 Å². The van der Waals surface area contributed by atoms with E-state index in [2.05, 4.69) is 34.3 Å². The highest BCUT2D eigenvalue weighted by Crippen LogP contribution is 2.29. The van der Waals surface area contributed by atoms with E-state index in [0.717, 1.165) is 43.7 Å². The summed E-state index contributed by atoms with van der Waals surface area (Å²) >= 11 is 0. The van der Waals surface area contributed by atoms with Crippen LogP contribution >= 0.6 is 0 Å². The maximum absolute atomic E-state index is 12.8. The molecule has 1 aliphatic rings. The van der Waals surface area contributed by atoms with Crippen molar-refractivity contribution >= 4 is 35.4 Å². The highest BCUT2D eigenvalue weighted by atomic mass is 16.6. The second-order valence-corrected chi connectivity index (χ2v) is 10.7. The smallest absolute Gasteiger partial charge is 0.412 e. The lowest BCUT2D eigenvalue weighted by molar-refractivity contribution is -0.147. The average molecular weight is 551 g/mol. The van der Waals surface area contributed by atoms with Crippen LogP contribution in [-0.4, -0.2) is 72.7 Å². The molecule has 2 atom stereocenters. The molecule has 216 valence electrons. The fourth-order valence-corrected chi connectivity index (χ4v) is 4.90. The summed E-state index contributed by atoms with van der Waals surface area (Å²) < 4.78 is 10.5. The molecule has 2 aromatic carbocycles. The zero-order chi connectivity index (χ0) is 29.3. The first kappa shape index (κ1) is 30.8. The molecule has 2 N–H and O–H groups in total. The van der Waals surface area contributed by atoms with E-state index in [1.54, 1.807) is 51.1 Å². The molecular formula is C31H42N4O5. The molecule has 2 aromatic rings. The van der Waals surface area contributed by atoms with Crippen LogP contribution < -0.4 is 10.6 Å². The summed E-state index contributed by atoms with van der Waals surface area (Å²) in [4.78, 5) is 42.2. The number of likely N-dealkylation sites (tertiary alicyclic amines) is 1. The van der Waals surface area contributed by atoms with Gasteiger partial charge in [-0.15, -0.1) is 0 Å². The van der Waals surface area contributed by atoms with Gasteiger partial charge in [0.25, 0.3) is 0 Å². The Kier molecular flexibility index (Phi) is 10.9. The molecule has 0 saturated carbocycles. The molecule has 1 saturated heterocycles. The van der Waals surface area contributed by atoms with Crippen LogP contribution in [0.25, 0.3) is 6.08 Å². The van der Waals surface area contributed by atoms with E-state index < -0.39 is 17.7 Å². The number of hydrogen-bond donors (Lipinski definition) is 2. The van der Waals surface area contributed by atoms with Crippen molar-refractivity contribution < 1.29 is 23.9 Å². The van der Waals surface area contributed by atoms with Crippen molar-refractivity contribution in [2.24, 2.45) is 0 Å². The van der Waals surface area contributed by atoms with Gasteiger partial charge in [-0.3, -0.25) is 19.9 Å². The monoisotopic (exact) mass is 550 g/mol. The number of anilines is 2. The summed E-state index contributed by atoms with van der Waals surface area (Å²) in [5.41, 5.74) is 1.91. The maximum Gasteiger partial charge on any atom is 0.412 e. The average Bonchev–Trinajstić information content (AvgIpc) is 3.38. The van der Waals surface area contributed by atoms with E-state index in [1.165, 1.54) is 13.2 Å². The lowest BCUT2D eigenvalue weighted by Gasteiger charge is -2.29. The maximum atomic E-state index is 12.8. The molecule has 0 aliphatic carbocycles. The first-order chi connectivity index (χ1) is 19.0. The second kappa shape index (κ2) is 14.1. The van der Waals surface area contributed by atoms with Crippen molar-refractivity contribution in [3.63, 3.8) is 0 Å². The summed E-state index contributed by atoms with van der Waals surface area (Å²) in [5, 5.41) is 5.46. The Morgan fingerprint density at radius 3 is 2.23 bits per heavy atom. The van der Waals surface area contributed by atoms with Gasteiger partial charge in [0.15, 0.2) is 0 Å². The molecule has 1 aliphatic heterocycles. The molecule has 2 amide bonds. The van der Waals surface area contributed by atoms with Crippen molar-refractivity contribution in [3.8, 4) is 0 Å². The number of carbonyl (C=O) groups excluding carboxylic acids is 3. The standard InChI is InChI=1S/C31H42N4O5/c1-7-34(8-2)24-19-20-35(21-24)28(29(37)39-6)23-16-13-22(14-17-23)15-18-27(36)32-25-11-9-10-12-26(25)33-30(38)40-31(3,4)5/h9-18,24,28H,7-8,19-21H2,1-6H3,(H,32,36)(H,33,38)/b18-15+. The van der Waals surface area contributed by atoms with Crippen LogP contribution in [-0.2, 0) is 19.1 Å². The molecule has 9 nitrogen and oxygen atoms in total. The minimum absolute atomic E-state index is 0.276. The van der Waals surface area contributed by atoms with E-state index in [-0.39, 0.29) is 11.9 Å². The van der Waals surface area contributed by atoms with Gasteiger partial charge in [-0.2, -0.15) is 0 Å². The lowest BCUT2D eigenvalue weighted by Crippen LogP contribution is -2.39. The first-order valence-electron chi connectivity index (χ1n) is 13.8. The van der Waals surface area contributed by atoms with Crippen molar-refractivity contribution in [2.45, 2.75) is 58.7 Å². The number of ether oxygens (including phenoxy) is 2. The van der Waals surface area contributed by atoms with Gasteiger partial charge >= 0.3 is 12.1 Å². The molecule has 0 bridgehead atoms. The van der Waals surface area contributed by atoms with E-state index in [0.29, 0.717) is 17.4 Å². The number of benzene rings is 2. The number of nitrogens with one attached hydrogen (secondary N) is 2. The number of methoxy groups -OCH3 is 1. The van der Waals surface area contributed by atoms with E-state index >= 15 is 0 Å². The van der Waals surface area contributed by atoms with Crippen LogP contribution in [0.5, 0.6) is 0 Å². The van der Waals surface area contributed by atoms with Gasteiger partial charge in [0.1, 0.15) is 11.6 Å². The lowest BCUT2D eigenvalue weighted by atomic mass is 10.0. The molecule has 2 unspecified atom stereocenters. The Morgan fingerprint density at radius 2 is 1.65 bits per heavy atom. The summed E-state index contributed by atoms with van der Waals surface area (Å²) in [6, 6.07) is 14.4. The summed E-state index contributed by atoms with van der Waals surface area (Å²) in [5.74, 6) is -0.629. The number of rotatable bonds is 10. The van der Waals surface area contributed by atoms with E-state index in [4.69, 9.17) is 9.47 Å². The Hall–Kier alpha value is -3.69. The van der Waals surface area contributed by atoms with Gasteiger partial charge in [0, 0.05) is 25.2 Å². The molecule has 0 aromatic heterocycles. The zero-order valence-corrected chi connectivity index (χ0v) is 24.4. The SMILES string of the molecule is CCN(CC)C1CCN(C(C(=O)OC)c2ccc(/C=C/C(=O)Nc3ccccc3NC(=O)OC(C)(C)C)cc2)C1. The van der Waals surface area contributed by atoms with Gasteiger partial charge < -0.3 is 14.8 Å². The van der Waals surface area contributed by atoms with Crippen LogP contribution in [0.2, 0.25) is 0 Å². The Labute approximate surface area is 237 Å². The molecule has 1 fully saturated rings.